The normalized spacial score (nSPS) is 12.3. The van der Waals surface area contributed by atoms with Crippen LogP contribution in [-0.4, -0.2) is 19.7 Å². The molecule has 0 aliphatic rings. The minimum atomic E-state index is -0.323. The first-order chi connectivity index (χ1) is 8.93. The Kier molecular flexibility index (Phi) is 6.03. The lowest BCUT2D eigenvalue weighted by molar-refractivity contribution is 0.386. The molecule has 0 heterocycles. The fraction of sp³-hybridized carbons (Fsp3) is 0.500. The maximum atomic E-state index is 13.6. The van der Waals surface area contributed by atoms with E-state index >= 15 is 0 Å². The van der Waals surface area contributed by atoms with Crippen molar-refractivity contribution in [3.63, 3.8) is 0 Å². The summed E-state index contributed by atoms with van der Waals surface area (Å²) in [6.07, 6.45) is 2.04. The first kappa shape index (κ1) is 15.7. The molecule has 0 aliphatic carbocycles. The molecule has 1 rings (SSSR count). The van der Waals surface area contributed by atoms with Gasteiger partial charge in [0.2, 0.25) is 0 Å². The van der Waals surface area contributed by atoms with Crippen LogP contribution in [0.25, 0.3) is 6.08 Å². The standard InChI is InChI=1S/C16H24FNO/c1-11(2)14(10-18-12(3)4)8-13-6-7-16(19-5)15(17)9-13/h6-9,11-12,18H,10H2,1-5H3. The van der Waals surface area contributed by atoms with Gasteiger partial charge in [-0.25, -0.2) is 4.39 Å². The van der Waals surface area contributed by atoms with Gasteiger partial charge in [-0.15, -0.1) is 0 Å². The van der Waals surface area contributed by atoms with Gasteiger partial charge < -0.3 is 10.1 Å². The topological polar surface area (TPSA) is 21.3 Å². The summed E-state index contributed by atoms with van der Waals surface area (Å²) in [5.41, 5.74) is 2.13. The van der Waals surface area contributed by atoms with Crippen molar-refractivity contribution in [1.82, 2.24) is 5.32 Å². The summed E-state index contributed by atoms with van der Waals surface area (Å²) in [5, 5.41) is 3.40. The summed E-state index contributed by atoms with van der Waals surface area (Å²) >= 11 is 0. The molecule has 0 radical (unpaired) electrons. The number of benzene rings is 1. The Hall–Kier alpha value is -1.35. The largest absolute Gasteiger partial charge is 0.494 e. The number of nitrogens with one attached hydrogen (secondary N) is 1. The number of hydrogen-bond acceptors (Lipinski definition) is 2. The SMILES string of the molecule is COc1ccc(C=C(CNC(C)C)C(C)C)cc1F. The van der Waals surface area contributed by atoms with E-state index in [0.29, 0.717) is 12.0 Å². The fourth-order valence-electron chi connectivity index (χ4n) is 1.73. The van der Waals surface area contributed by atoms with Crippen LogP contribution in [0.15, 0.2) is 23.8 Å². The average Bonchev–Trinajstić information content (AvgIpc) is 2.34. The Balaban J connectivity index is 2.92. The van der Waals surface area contributed by atoms with Crippen molar-refractivity contribution >= 4 is 6.08 Å². The first-order valence-electron chi connectivity index (χ1n) is 6.71. The quantitative estimate of drug-likeness (QED) is 0.843. The van der Waals surface area contributed by atoms with Crippen molar-refractivity contribution in [1.29, 1.82) is 0 Å². The molecular weight excluding hydrogens is 241 g/mol. The van der Waals surface area contributed by atoms with Crippen molar-refractivity contribution in [3.05, 3.63) is 35.2 Å². The Morgan fingerprint density at radius 2 is 2.00 bits per heavy atom. The van der Waals surface area contributed by atoms with E-state index in [0.717, 1.165) is 12.1 Å². The molecule has 0 aromatic heterocycles. The lowest BCUT2D eigenvalue weighted by Crippen LogP contribution is -2.26. The minimum absolute atomic E-state index is 0.281. The molecular formula is C16H24FNO. The highest BCUT2D eigenvalue weighted by molar-refractivity contribution is 5.55. The van der Waals surface area contributed by atoms with Crippen LogP contribution in [0.1, 0.15) is 33.3 Å². The molecule has 1 aromatic carbocycles. The highest BCUT2D eigenvalue weighted by atomic mass is 19.1. The molecule has 0 amide bonds. The summed E-state index contributed by atoms with van der Waals surface area (Å²) in [7, 11) is 1.47. The molecule has 2 nitrogen and oxygen atoms in total. The monoisotopic (exact) mass is 265 g/mol. The summed E-state index contributed by atoms with van der Waals surface area (Å²) < 4.78 is 18.6. The third-order valence-electron chi connectivity index (χ3n) is 2.98. The molecule has 0 fully saturated rings. The van der Waals surface area contributed by atoms with E-state index in [1.807, 2.05) is 12.1 Å². The van der Waals surface area contributed by atoms with Gasteiger partial charge in [-0.1, -0.05) is 45.4 Å². The molecule has 0 saturated heterocycles. The average molecular weight is 265 g/mol. The van der Waals surface area contributed by atoms with Crippen LogP contribution in [0.2, 0.25) is 0 Å². The Morgan fingerprint density at radius 3 is 2.47 bits per heavy atom. The molecule has 3 heteroatoms. The zero-order valence-electron chi connectivity index (χ0n) is 12.5. The molecule has 0 aliphatic heterocycles. The molecule has 1 aromatic rings. The second kappa shape index (κ2) is 7.29. The van der Waals surface area contributed by atoms with E-state index in [9.17, 15) is 4.39 Å². The van der Waals surface area contributed by atoms with Crippen LogP contribution in [0.3, 0.4) is 0 Å². The maximum absolute atomic E-state index is 13.6. The molecule has 1 N–H and O–H groups in total. The number of methoxy groups -OCH3 is 1. The van der Waals surface area contributed by atoms with E-state index < -0.39 is 0 Å². The van der Waals surface area contributed by atoms with E-state index in [1.54, 1.807) is 6.07 Å². The van der Waals surface area contributed by atoms with Crippen LogP contribution in [0.5, 0.6) is 5.75 Å². The Labute approximate surface area is 115 Å². The predicted octanol–water partition coefficient (Wildman–Crippen LogP) is 3.87. The van der Waals surface area contributed by atoms with Crippen LogP contribution < -0.4 is 10.1 Å². The van der Waals surface area contributed by atoms with E-state index in [4.69, 9.17) is 4.74 Å². The number of halogens is 1. The second-order valence-corrected chi connectivity index (χ2v) is 5.30. The molecule has 106 valence electrons. The van der Waals surface area contributed by atoms with Gasteiger partial charge in [0.1, 0.15) is 0 Å². The molecule has 0 atom stereocenters. The minimum Gasteiger partial charge on any atom is -0.494 e. The molecule has 0 saturated carbocycles. The summed E-state index contributed by atoms with van der Waals surface area (Å²) in [5.74, 6) is 0.385. The van der Waals surface area contributed by atoms with Gasteiger partial charge in [0.25, 0.3) is 0 Å². The molecule has 0 bridgehead atoms. The van der Waals surface area contributed by atoms with E-state index in [-0.39, 0.29) is 11.6 Å². The summed E-state index contributed by atoms with van der Waals surface area (Å²) in [4.78, 5) is 0. The van der Waals surface area contributed by atoms with Crippen molar-refractivity contribution in [2.75, 3.05) is 13.7 Å². The highest BCUT2D eigenvalue weighted by Gasteiger charge is 2.06. The molecule has 19 heavy (non-hydrogen) atoms. The van der Waals surface area contributed by atoms with Gasteiger partial charge in [0, 0.05) is 12.6 Å². The number of ether oxygens (including phenoxy) is 1. The zero-order valence-corrected chi connectivity index (χ0v) is 12.5. The Bertz CT molecular complexity index is 438. The number of rotatable bonds is 6. The van der Waals surface area contributed by atoms with Crippen LogP contribution in [0.4, 0.5) is 4.39 Å². The van der Waals surface area contributed by atoms with E-state index in [1.165, 1.54) is 18.7 Å². The third kappa shape index (κ3) is 5.03. The van der Waals surface area contributed by atoms with Crippen molar-refractivity contribution in [3.8, 4) is 5.75 Å². The van der Waals surface area contributed by atoms with Gasteiger partial charge in [-0.05, 0) is 23.6 Å². The fourth-order valence-corrected chi connectivity index (χ4v) is 1.73. The van der Waals surface area contributed by atoms with Crippen LogP contribution >= 0.6 is 0 Å². The van der Waals surface area contributed by atoms with Crippen molar-refractivity contribution < 1.29 is 9.13 Å². The van der Waals surface area contributed by atoms with E-state index in [2.05, 4.69) is 33.0 Å². The summed E-state index contributed by atoms with van der Waals surface area (Å²) in [6, 6.07) is 5.49. The van der Waals surface area contributed by atoms with Gasteiger partial charge in [-0.2, -0.15) is 0 Å². The van der Waals surface area contributed by atoms with Crippen LogP contribution in [-0.2, 0) is 0 Å². The molecule has 0 unspecified atom stereocenters. The van der Waals surface area contributed by atoms with Gasteiger partial charge in [0.15, 0.2) is 11.6 Å². The smallest absolute Gasteiger partial charge is 0.165 e. The number of hydrogen-bond donors (Lipinski definition) is 1. The van der Waals surface area contributed by atoms with Crippen LogP contribution in [0, 0.1) is 11.7 Å². The Morgan fingerprint density at radius 1 is 1.32 bits per heavy atom. The maximum Gasteiger partial charge on any atom is 0.165 e. The van der Waals surface area contributed by atoms with Gasteiger partial charge >= 0.3 is 0 Å². The van der Waals surface area contributed by atoms with Crippen molar-refractivity contribution in [2.45, 2.75) is 33.7 Å². The predicted molar refractivity (Wildman–Crippen MR) is 78.9 cm³/mol. The highest BCUT2D eigenvalue weighted by Crippen LogP contribution is 2.21. The van der Waals surface area contributed by atoms with Gasteiger partial charge in [0.05, 0.1) is 7.11 Å². The first-order valence-corrected chi connectivity index (χ1v) is 6.71. The molecule has 0 spiro atoms. The van der Waals surface area contributed by atoms with Crippen molar-refractivity contribution in [2.24, 2.45) is 5.92 Å². The second-order valence-electron chi connectivity index (χ2n) is 5.30. The lowest BCUT2D eigenvalue weighted by atomic mass is 10.00. The lowest BCUT2D eigenvalue weighted by Gasteiger charge is -2.15. The summed E-state index contributed by atoms with van der Waals surface area (Å²) in [6.45, 7) is 9.35. The third-order valence-corrected chi connectivity index (χ3v) is 2.98. The zero-order chi connectivity index (χ0) is 14.4. The van der Waals surface area contributed by atoms with Gasteiger partial charge in [-0.3, -0.25) is 0 Å².